The van der Waals surface area contributed by atoms with Crippen molar-refractivity contribution in [2.75, 3.05) is 0 Å². The number of hydrogen-bond acceptors (Lipinski definition) is 1. The Balaban J connectivity index is 1.63. The van der Waals surface area contributed by atoms with E-state index in [0.717, 1.165) is 34.8 Å². The molecular weight excluding hydrogens is 232 g/mol. The number of halogens is 1. The Labute approximate surface area is 108 Å². The molecule has 0 heterocycles. The summed E-state index contributed by atoms with van der Waals surface area (Å²) in [6.45, 7) is 0. The van der Waals surface area contributed by atoms with Gasteiger partial charge in [0.2, 0.25) is 0 Å². The van der Waals surface area contributed by atoms with Gasteiger partial charge in [0, 0.05) is 5.02 Å². The number of fused-ring (bicyclic) bond motifs is 2. The Bertz CT molecular complexity index is 386. The molecule has 4 atom stereocenters. The van der Waals surface area contributed by atoms with Crippen LogP contribution in [0, 0.1) is 17.8 Å². The van der Waals surface area contributed by atoms with E-state index in [9.17, 15) is 5.11 Å². The van der Waals surface area contributed by atoms with E-state index >= 15 is 0 Å². The molecule has 1 aromatic carbocycles. The third-order valence-electron chi connectivity index (χ3n) is 4.67. The van der Waals surface area contributed by atoms with Crippen LogP contribution >= 0.6 is 11.6 Å². The molecular formula is C15H19ClO. The van der Waals surface area contributed by atoms with Crippen LogP contribution in [0.3, 0.4) is 0 Å². The van der Waals surface area contributed by atoms with E-state index in [1.807, 2.05) is 24.3 Å². The van der Waals surface area contributed by atoms with Gasteiger partial charge in [-0.3, -0.25) is 0 Å². The van der Waals surface area contributed by atoms with E-state index in [1.165, 1.54) is 25.7 Å². The van der Waals surface area contributed by atoms with Crippen molar-refractivity contribution in [3.63, 3.8) is 0 Å². The summed E-state index contributed by atoms with van der Waals surface area (Å²) in [5.41, 5.74) is 1.01. The van der Waals surface area contributed by atoms with Crippen LogP contribution in [0.25, 0.3) is 0 Å². The maximum Gasteiger partial charge on any atom is 0.0792 e. The van der Waals surface area contributed by atoms with Crippen LogP contribution in [0.15, 0.2) is 24.3 Å². The fraction of sp³-hybridized carbons (Fsp3) is 0.600. The summed E-state index contributed by atoms with van der Waals surface area (Å²) in [6, 6.07) is 7.61. The largest absolute Gasteiger partial charge is 0.388 e. The smallest absolute Gasteiger partial charge is 0.0792 e. The number of aliphatic hydroxyl groups is 1. The molecule has 0 aliphatic heterocycles. The predicted molar refractivity (Wildman–Crippen MR) is 70.0 cm³/mol. The van der Waals surface area contributed by atoms with Gasteiger partial charge in [0.1, 0.15) is 0 Å². The first-order chi connectivity index (χ1) is 8.22. The summed E-state index contributed by atoms with van der Waals surface area (Å²) in [7, 11) is 0. The van der Waals surface area contributed by atoms with Crippen molar-refractivity contribution in [1.82, 2.24) is 0 Å². The van der Waals surface area contributed by atoms with Crippen molar-refractivity contribution in [2.24, 2.45) is 17.8 Å². The number of benzene rings is 1. The zero-order chi connectivity index (χ0) is 11.8. The Morgan fingerprint density at radius 2 is 1.94 bits per heavy atom. The molecule has 2 fully saturated rings. The highest BCUT2D eigenvalue weighted by Crippen LogP contribution is 2.50. The normalized spacial score (nSPS) is 32.9. The monoisotopic (exact) mass is 250 g/mol. The van der Waals surface area contributed by atoms with E-state index < -0.39 is 0 Å². The number of rotatable bonds is 3. The van der Waals surface area contributed by atoms with Gasteiger partial charge in [0.05, 0.1) is 6.10 Å². The lowest BCUT2D eigenvalue weighted by molar-refractivity contribution is 0.125. The molecule has 0 amide bonds. The molecule has 1 nitrogen and oxygen atoms in total. The topological polar surface area (TPSA) is 20.2 Å². The van der Waals surface area contributed by atoms with Gasteiger partial charge < -0.3 is 5.11 Å². The van der Waals surface area contributed by atoms with Gasteiger partial charge in [-0.1, -0.05) is 30.2 Å². The number of aliphatic hydroxyl groups excluding tert-OH is 1. The van der Waals surface area contributed by atoms with Crippen molar-refractivity contribution < 1.29 is 5.11 Å². The van der Waals surface area contributed by atoms with Gasteiger partial charge in [0.15, 0.2) is 0 Å². The maximum atomic E-state index is 10.3. The highest BCUT2D eigenvalue weighted by molar-refractivity contribution is 6.30. The van der Waals surface area contributed by atoms with Crippen LogP contribution in [-0.4, -0.2) is 5.11 Å². The van der Waals surface area contributed by atoms with Crippen molar-refractivity contribution in [3.8, 4) is 0 Å². The molecule has 1 aromatic rings. The van der Waals surface area contributed by atoms with Crippen LogP contribution in [-0.2, 0) is 0 Å². The van der Waals surface area contributed by atoms with Crippen LogP contribution in [0.2, 0.25) is 5.02 Å². The minimum Gasteiger partial charge on any atom is -0.388 e. The highest BCUT2D eigenvalue weighted by atomic mass is 35.5. The molecule has 0 aromatic heterocycles. The SMILES string of the molecule is OC(CC1CC2CCC1C2)c1ccc(Cl)cc1. The minimum atomic E-state index is -0.309. The summed E-state index contributed by atoms with van der Waals surface area (Å²) >= 11 is 5.86. The Kier molecular flexibility index (Phi) is 3.14. The quantitative estimate of drug-likeness (QED) is 0.853. The molecule has 4 unspecified atom stereocenters. The van der Waals surface area contributed by atoms with Crippen LogP contribution in [0.4, 0.5) is 0 Å². The van der Waals surface area contributed by atoms with E-state index in [1.54, 1.807) is 0 Å². The molecule has 2 heteroatoms. The van der Waals surface area contributed by atoms with Crippen molar-refractivity contribution in [1.29, 1.82) is 0 Å². The van der Waals surface area contributed by atoms with E-state index in [4.69, 9.17) is 11.6 Å². The first kappa shape index (κ1) is 11.6. The van der Waals surface area contributed by atoms with Gasteiger partial charge in [-0.05, 0) is 61.1 Å². The first-order valence-electron chi connectivity index (χ1n) is 6.66. The van der Waals surface area contributed by atoms with Crippen LogP contribution < -0.4 is 0 Å². The standard InChI is InChI=1S/C15H19ClO/c16-14-5-3-11(4-6-14)15(17)9-13-8-10-1-2-12(13)7-10/h3-6,10,12-13,15,17H,1-2,7-9H2. The van der Waals surface area contributed by atoms with Crippen LogP contribution in [0.1, 0.15) is 43.8 Å². The minimum absolute atomic E-state index is 0.309. The molecule has 17 heavy (non-hydrogen) atoms. The second kappa shape index (κ2) is 4.62. The second-order valence-electron chi connectivity index (χ2n) is 5.74. The molecule has 2 bridgehead atoms. The van der Waals surface area contributed by atoms with Crippen molar-refractivity contribution in [2.45, 2.75) is 38.2 Å². The molecule has 0 saturated heterocycles. The Morgan fingerprint density at radius 1 is 1.18 bits per heavy atom. The van der Waals surface area contributed by atoms with Gasteiger partial charge >= 0.3 is 0 Å². The summed E-state index contributed by atoms with van der Waals surface area (Å²) in [6.07, 6.45) is 6.20. The fourth-order valence-electron chi connectivity index (χ4n) is 3.77. The molecule has 0 spiro atoms. The van der Waals surface area contributed by atoms with Gasteiger partial charge in [0.25, 0.3) is 0 Å². The lowest BCUT2D eigenvalue weighted by Crippen LogP contribution is -2.14. The zero-order valence-corrected chi connectivity index (χ0v) is 10.7. The van der Waals surface area contributed by atoms with E-state index in [-0.39, 0.29) is 6.10 Å². The molecule has 2 aliphatic rings. The third kappa shape index (κ3) is 2.36. The molecule has 2 saturated carbocycles. The Hall–Kier alpha value is -0.530. The molecule has 92 valence electrons. The predicted octanol–water partition coefficient (Wildman–Crippen LogP) is 4.20. The fourth-order valence-corrected chi connectivity index (χ4v) is 3.90. The second-order valence-corrected chi connectivity index (χ2v) is 6.17. The average molecular weight is 251 g/mol. The first-order valence-corrected chi connectivity index (χ1v) is 7.03. The summed E-state index contributed by atoms with van der Waals surface area (Å²) in [5, 5.41) is 11.0. The molecule has 0 radical (unpaired) electrons. The zero-order valence-electron chi connectivity index (χ0n) is 9.98. The van der Waals surface area contributed by atoms with Crippen LogP contribution in [0.5, 0.6) is 0 Å². The summed E-state index contributed by atoms with van der Waals surface area (Å²) in [5.74, 6) is 2.60. The summed E-state index contributed by atoms with van der Waals surface area (Å²) < 4.78 is 0. The van der Waals surface area contributed by atoms with Gasteiger partial charge in [-0.15, -0.1) is 0 Å². The number of hydrogen-bond donors (Lipinski definition) is 1. The van der Waals surface area contributed by atoms with Gasteiger partial charge in [-0.25, -0.2) is 0 Å². The third-order valence-corrected chi connectivity index (χ3v) is 4.92. The maximum absolute atomic E-state index is 10.3. The molecule has 3 rings (SSSR count). The Morgan fingerprint density at radius 3 is 2.53 bits per heavy atom. The van der Waals surface area contributed by atoms with E-state index in [2.05, 4.69) is 0 Å². The van der Waals surface area contributed by atoms with E-state index in [0.29, 0.717) is 0 Å². The average Bonchev–Trinajstić information content (AvgIpc) is 2.91. The summed E-state index contributed by atoms with van der Waals surface area (Å²) in [4.78, 5) is 0. The van der Waals surface area contributed by atoms with Crippen molar-refractivity contribution >= 4 is 11.6 Å². The molecule has 2 aliphatic carbocycles. The van der Waals surface area contributed by atoms with Gasteiger partial charge in [-0.2, -0.15) is 0 Å². The molecule has 1 N–H and O–H groups in total. The highest BCUT2D eigenvalue weighted by Gasteiger charge is 2.39. The lowest BCUT2D eigenvalue weighted by Gasteiger charge is -2.24. The van der Waals surface area contributed by atoms with Crippen molar-refractivity contribution in [3.05, 3.63) is 34.9 Å². The lowest BCUT2D eigenvalue weighted by atomic mass is 9.83.